The van der Waals surface area contributed by atoms with E-state index in [-0.39, 0.29) is 25.0 Å². The Bertz CT molecular complexity index is 813. The Labute approximate surface area is 160 Å². The van der Waals surface area contributed by atoms with Crippen molar-refractivity contribution in [3.63, 3.8) is 0 Å². The number of carbonyl (C=O) groups is 2. The van der Waals surface area contributed by atoms with Crippen molar-refractivity contribution in [2.45, 2.75) is 20.8 Å². The van der Waals surface area contributed by atoms with E-state index in [0.717, 1.165) is 22.4 Å². The van der Waals surface area contributed by atoms with Crippen LogP contribution in [0, 0.1) is 20.8 Å². The van der Waals surface area contributed by atoms with E-state index < -0.39 is 0 Å². The summed E-state index contributed by atoms with van der Waals surface area (Å²) < 4.78 is 10.8. The molecule has 0 atom stereocenters. The van der Waals surface area contributed by atoms with Crippen LogP contribution in [0.5, 0.6) is 11.5 Å². The molecule has 0 unspecified atom stereocenters. The minimum atomic E-state index is -0.297. The quantitative estimate of drug-likeness (QED) is 0.813. The standard InChI is InChI=1S/C21H26N2O4/c1-14-9-10-17(18(11-14)26-5)27-13-20(25)23(4)12-19(24)22-21-15(2)7-6-8-16(21)3/h6-11H,12-13H2,1-5H3,(H,22,24). The molecule has 0 aliphatic heterocycles. The Kier molecular flexibility index (Phi) is 6.82. The molecule has 0 fully saturated rings. The van der Waals surface area contributed by atoms with Crippen molar-refractivity contribution in [2.24, 2.45) is 0 Å². The van der Waals surface area contributed by atoms with Crippen LogP contribution in [-0.2, 0) is 9.59 Å². The van der Waals surface area contributed by atoms with E-state index in [0.29, 0.717) is 11.5 Å². The van der Waals surface area contributed by atoms with Gasteiger partial charge in [-0.15, -0.1) is 0 Å². The van der Waals surface area contributed by atoms with E-state index in [1.807, 2.05) is 51.1 Å². The molecule has 2 amide bonds. The second-order valence-electron chi connectivity index (χ2n) is 6.51. The number of para-hydroxylation sites is 1. The lowest BCUT2D eigenvalue weighted by atomic mass is 10.1. The van der Waals surface area contributed by atoms with Crippen LogP contribution in [0.3, 0.4) is 0 Å². The molecule has 0 aliphatic carbocycles. The predicted molar refractivity (Wildman–Crippen MR) is 105 cm³/mol. The average Bonchev–Trinajstić information content (AvgIpc) is 2.63. The van der Waals surface area contributed by atoms with E-state index in [9.17, 15) is 9.59 Å². The summed E-state index contributed by atoms with van der Waals surface area (Å²) in [6.45, 7) is 5.58. The van der Waals surface area contributed by atoms with Gasteiger partial charge < -0.3 is 19.7 Å². The van der Waals surface area contributed by atoms with Crippen LogP contribution < -0.4 is 14.8 Å². The monoisotopic (exact) mass is 370 g/mol. The van der Waals surface area contributed by atoms with E-state index in [1.54, 1.807) is 20.2 Å². The molecule has 1 N–H and O–H groups in total. The fourth-order valence-corrected chi connectivity index (χ4v) is 2.64. The van der Waals surface area contributed by atoms with Gasteiger partial charge in [-0.1, -0.05) is 24.3 Å². The van der Waals surface area contributed by atoms with Crippen LogP contribution in [0.1, 0.15) is 16.7 Å². The molecule has 0 heterocycles. The number of hydrogen-bond acceptors (Lipinski definition) is 4. The lowest BCUT2D eigenvalue weighted by Crippen LogP contribution is -2.37. The second-order valence-corrected chi connectivity index (χ2v) is 6.51. The number of likely N-dealkylation sites (N-methyl/N-ethyl adjacent to an activating group) is 1. The SMILES string of the molecule is COc1cc(C)ccc1OCC(=O)N(C)CC(=O)Nc1c(C)cccc1C. The first-order chi connectivity index (χ1) is 12.8. The predicted octanol–water partition coefficient (Wildman–Crippen LogP) is 3.10. The van der Waals surface area contributed by atoms with Gasteiger partial charge in [0, 0.05) is 12.7 Å². The fourth-order valence-electron chi connectivity index (χ4n) is 2.64. The highest BCUT2D eigenvalue weighted by Crippen LogP contribution is 2.27. The normalized spacial score (nSPS) is 10.3. The molecule has 6 nitrogen and oxygen atoms in total. The summed E-state index contributed by atoms with van der Waals surface area (Å²) in [5.41, 5.74) is 3.77. The van der Waals surface area contributed by atoms with Gasteiger partial charge in [0.2, 0.25) is 5.91 Å². The summed E-state index contributed by atoms with van der Waals surface area (Å²) >= 11 is 0. The van der Waals surface area contributed by atoms with Crippen molar-refractivity contribution >= 4 is 17.5 Å². The maximum absolute atomic E-state index is 12.3. The first-order valence-electron chi connectivity index (χ1n) is 8.69. The van der Waals surface area contributed by atoms with Crippen LogP contribution in [0.4, 0.5) is 5.69 Å². The molecule has 6 heteroatoms. The number of nitrogens with one attached hydrogen (secondary N) is 1. The van der Waals surface area contributed by atoms with Crippen LogP contribution in [0.25, 0.3) is 0 Å². The molecule has 0 spiro atoms. The first-order valence-corrected chi connectivity index (χ1v) is 8.69. The van der Waals surface area contributed by atoms with Gasteiger partial charge in [0.15, 0.2) is 18.1 Å². The number of carbonyl (C=O) groups excluding carboxylic acids is 2. The van der Waals surface area contributed by atoms with Crippen molar-refractivity contribution in [3.8, 4) is 11.5 Å². The lowest BCUT2D eigenvalue weighted by molar-refractivity contribution is -0.135. The lowest BCUT2D eigenvalue weighted by Gasteiger charge is -2.19. The van der Waals surface area contributed by atoms with E-state index in [4.69, 9.17) is 9.47 Å². The minimum absolute atomic E-state index is 0.0546. The highest BCUT2D eigenvalue weighted by Gasteiger charge is 2.16. The molecular weight excluding hydrogens is 344 g/mol. The summed E-state index contributed by atoms with van der Waals surface area (Å²) in [6.07, 6.45) is 0. The number of aryl methyl sites for hydroxylation is 3. The number of methoxy groups -OCH3 is 1. The molecule has 0 radical (unpaired) electrons. The number of nitrogens with zero attached hydrogens (tertiary/aromatic N) is 1. The molecule has 2 aromatic rings. The van der Waals surface area contributed by atoms with Gasteiger partial charge >= 0.3 is 0 Å². The largest absolute Gasteiger partial charge is 0.493 e. The van der Waals surface area contributed by atoms with Gasteiger partial charge in [-0.25, -0.2) is 0 Å². The van der Waals surface area contributed by atoms with Crippen LogP contribution in [0.15, 0.2) is 36.4 Å². The zero-order chi connectivity index (χ0) is 20.0. The highest BCUT2D eigenvalue weighted by atomic mass is 16.5. The zero-order valence-electron chi connectivity index (χ0n) is 16.5. The summed E-state index contributed by atoms with van der Waals surface area (Å²) in [7, 11) is 3.12. The maximum Gasteiger partial charge on any atom is 0.260 e. The summed E-state index contributed by atoms with van der Waals surface area (Å²) in [4.78, 5) is 25.9. The van der Waals surface area contributed by atoms with Crippen LogP contribution >= 0.6 is 0 Å². The zero-order valence-corrected chi connectivity index (χ0v) is 16.5. The molecule has 2 aromatic carbocycles. The van der Waals surface area contributed by atoms with Crippen molar-refractivity contribution in [1.82, 2.24) is 4.90 Å². The number of amides is 2. The number of ether oxygens (including phenoxy) is 2. The number of benzene rings is 2. The Morgan fingerprint density at radius 3 is 2.33 bits per heavy atom. The Hall–Kier alpha value is -3.02. The molecule has 0 aliphatic rings. The second kappa shape index (κ2) is 9.07. The minimum Gasteiger partial charge on any atom is -0.493 e. The molecular formula is C21H26N2O4. The van der Waals surface area contributed by atoms with Gasteiger partial charge in [-0.05, 0) is 49.6 Å². The maximum atomic E-state index is 12.3. The van der Waals surface area contributed by atoms with Gasteiger partial charge in [-0.2, -0.15) is 0 Å². The Morgan fingerprint density at radius 2 is 1.70 bits per heavy atom. The fraction of sp³-hybridized carbons (Fsp3) is 0.333. The van der Waals surface area contributed by atoms with Gasteiger partial charge in [0.1, 0.15) is 0 Å². The average molecular weight is 370 g/mol. The smallest absolute Gasteiger partial charge is 0.260 e. The van der Waals surface area contributed by atoms with E-state index >= 15 is 0 Å². The third kappa shape index (κ3) is 5.48. The Morgan fingerprint density at radius 1 is 1.04 bits per heavy atom. The third-order valence-corrected chi connectivity index (χ3v) is 4.22. The van der Waals surface area contributed by atoms with Crippen molar-refractivity contribution in [3.05, 3.63) is 53.1 Å². The van der Waals surface area contributed by atoms with E-state index in [1.165, 1.54) is 4.90 Å². The van der Waals surface area contributed by atoms with Crippen molar-refractivity contribution in [2.75, 3.05) is 32.6 Å². The molecule has 2 rings (SSSR count). The third-order valence-electron chi connectivity index (χ3n) is 4.22. The molecule has 27 heavy (non-hydrogen) atoms. The highest BCUT2D eigenvalue weighted by molar-refractivity contribution is 5.95. The Balaban J connectivity index is 1.91. The summed E-state index contributed by atoms with van der Waals surface area (Å²) in [5.74, 6) is 0.508. The van der Waals surface area contributed by atoms with Gasteiger partial charge in [-0.3, -0.25) is 9.59 Å². The first kappa shape index (κ1) is 20.3. The van der Waals surface area contributed by atoms with E-state index in [2.05, 4.69) is 5.32 Å². The topological polar surface area (TPSA) is 67.9 Å². The number of rotatable bonds is 7. The number of anilines is 1. The van der Waals surface area contributed by atoms with Crippen molar-refractivity contribution < 1.29 is 19.1 Å². The molecule has 144 valence electrons. The number of hydrogen-bond donors (Lipinski definition) is 1. The van der Waals surface area contributed by atoms with Gasteiger partial charge in [0.25, 0.3) is 5.91 Å². The molecule has 0 saturated heterocycles. The van der Waals surface area contributed by atoms with Crippen LogP contribution in [-0.4, -0.2) is 44.0 Å². The molecule has 0 saturated carbocycles. The summed E-state index contributed by atoms with van der Waals surface area (Å²) in [6, 6.07) is 11.3. The van der Waals surface area contributed by atoms with Crippen molar-refractivity contribution in [1.29, 1.82) is 0 Å². The molecule has 0 aromatic heterocycles. The summed E-state index contributed by atoms with van der Waals surface area (Å²) in [5, 5.41) is 2.87. The molecule has 0 bridgehead atoms. The van der Waals surface area contributed by atoms with Gasteiger partial charge in [0.05, 0.1) is 13.7 Å². The van der Waals surface area contributed by atoms with Crippen LogP contribution in [0.2, 0.25) is 0 Å².